The number of anilines is 1. The van der Waals surface area contributed by atoms with Crippen LogP contribution in [0.2, 0.25) is 0 Å². The van der Waals surface area contributed by atoms with Crippen LogP contribution in [-0.4, -0.2) is 23.5 Å². The largest absolute Gasteiger partial charge is 0.392 e. The Balaban J connectivity index is 2.33. The van der Waals surface area contributed by atoms with Crippen molar-refractivity contribution >= 4 is 15.7 Å². The predicted octanol–water partition coefficient (Wildman–Crippen LogP) is 0.703. The molecule has 0 atom stereocenters. The maximum absolute atomic E-state index is 11.9. The van der Waals surface area contributed by atoms with Crippen molar-refractivity contribution in [2.24, 2.45) is 0 Å². The van der Waals surface area contributed by atoms with E-state index in [0.717, 1.165) is 0 Å². The average Bonchev–Trinajstić information content (AvgIpc) is 2.83. The van der Waals surface area contributed by atoms with Gasteiger partial charge in [-0.2, -0.15) is 8.42 Å². The summed E-state index contributed by atoms with van der Waals surface area (Å²) >= 11 is 0. The molecular formula is C10H11N3O3S. The average molecular weight is 253 g/mol. The van der Waals surface area contributed by atoms with Gasteiger partial charge in [0, 0.05) is 5.56 Å². The first-order valence-electron chi connectivity index (χ1n) is 4.83. The van der Waals surface area contributed by atoms with Crippen LogP contribution in [0.25, 0.3) is 0 Å². The van der Waals surface area contributed by atoms with Crippen LogP contribution in [0.4, 0.5) is 5.69 Å². The minimum atomic E-state index is -3.68. The third kappa shape index (κ3) is 2.45. The maximum atomic E-state index is 11.9. The highest BCUT2D eigenvalue weighted by atomic mass is 32.2. The van der Waals surface area contributed by atoms with E-state index in [1.165, 1.54) is 12.5 Å². The number of hydrogen-bond acceptors (Lipinski definition) is 4. The molecule has 0 aliphatic carbocycles. The van der Waals surface area contributed by atoms with Gasteiger partial charge in [-0.3, -0.25) is 4.72 Å². The van der Waals surface area contributed by atoms with E-state index >= 15 is 0 Å². The Labute approximate surface area is 98.4 Å². The van der Waals surface area contributed by atoms with Gasteiger partial charge in [-0.15, -0.1) is 0 Å². The van der Waals surface area contributed by atoms with E-state index in [4.69, 9.17) is 5.11 Å². The summed E-state index contributed by atoms with van der Waals surface area (Å²) in [7, 11) is -3.68. The minimum absolute atomic E-state index is 0.0229. The zero-order chi connectivity index (χ0) is 12.3. The molecule has 0 unspecified atom stereocenters. The molecule has 0 spiro atoms. The Kier molecular flexibility index (Phi) is 3.12. The molecule has 7 heteroatoms. The molecule has 17 heavy (non-hydrogen) atoms. The van der Waals surface area contributed by atoms with Crippen molar-refractivity contribution in [2.75, 3.05) is 4.72 Å². The first kappa shape index (κ1) is 11.6. The van der Waals surface area contributed by atoms with Gasteiger partial charge in [-0.25, -0.2) is 4.98 Å². The van der Waals surface area contributed by atoms with Gasteiger partial charge in [0.2, 0.25) is 0 Å². The number of aliphatic hydroxyl groups is 1. The summed E-state index contributed by atoms with van der Waals surface area (Å²) in [5, 5.41) is 9.07. The van der Waals surface area contributed by atoms with Crippen molar-refractivity contribution in [3.63, 3.8) is 0 Å². The lowest BCUT2D eigenvalue weighted by Gasteiger charge is -2.09. The Hall–Kier alpha value is -1.86. The van der Waals surface area contributed by atoms with Gasteiger partial charge in [0.15, 0.2) is 5.03 Å². The number of rotatable bonds is 4. The first-order chi connectivity index (χ1) is 8.13. The molecule has 0 saturated heterocycles. The number of hydrogen-bond donors (Lipinski definition) is 3. The lowest BCUT2D eigenvalue weighted by atomic mass is 10.2. The van der Waals surface area contributed by atoms with E-state index in [1.54, 1.807) is 24.3 Å². The number of H-pyrrole nitrogens is 1. The Morgan fingerprint density at radius 1 is 1.35 bits per heavy atom. The molecule has 90 valence electrons. The predicted molar refractivity (Wildman–Crippen MR) is 61.8 cm³/mol. The van der Waals surface area contributed by atoms with E-state index in [0.29, 0.717) is 11.3 Å². The number of para-hydroxylation sites is 1. The molecule has 1 aromatic carbocycles. The Morgan fingerprint density at radius 3 is 2.76 bits per heavy atom. The minimum Gasteiger partial charge on any atom is -0.392 e. The van der Waals surface area contributed by atoms with Crippen LogP contribution in [0.5, 0.6) is 0 Å². The van der Waals surface area contributed by atoms with Gasteiger partial charge in [-0.05, 0) is 6.07 Å². The number of aromatic nitrogens is 2. The fourth-order valence-electron chi connectivity index (χ4n) is 1.35. The molecular weight excluding hydrogens is 242 g/mol. The Morgan fingerprint density at radius 2 is 2.12 bits per heavy atom. The van der Waals surface area contributed by atoms with Gasteiger partial charge >= 0.3 is 0 Å². The van der Waals surface area contributed by atoms with Crippen molar-refractivity contribution in [3.05, 3.63) is 42.4 Å². The summed E-state index contributed by atoms with van der Waals surface area (Å²) in [6.07, 6.45) is 2.50. The summed E-state index contributed by atoms with van der Waals surface area (Å²) in [4.78, 5) is 6.16. The van der Waals surface area contributed by atoms with E-state index in [2.05, 4.69) is 14.7 Å². The van der Waals surface area contributed by atoms with Gasteiger partial charge in [0.1, 0.15) is 0 Å². The second-order valence-electron chi connectivity index (χ2n) is 3.34. The molecule has 1 heterocycles. The highest BCUT2D eigenvalue weighted by Gasteiger charge is 2.16. The fourth-order valence-corrected chi connectivity index (χ4v) is 2.35. The monoisotopic (exact) mass is 253 g/mol. The number of sulfonamides is 1. The molecule has 0 bridgehead atoms. The van der Waals surface area contributed by atoms with E-state index in [1.807, 2.05) is 0 Å². The lowest BCUT2D eigenvalue weighted by molar-refractivity contribution is 0.282. The molecule has 2 rings (SSSR count). The standard InChI is InChI=1S/C10H11N3O3S/c14-6-8-3-1-2-4-9(8)13-17(15,16)10-5-11-7-12-10/h1-5,7,13-14H,6H2,(H,11,12). The van der Waals surface area contributed by atoms with E-state index in [-0.39, 0.29) is 11.6 Å². The van der Waals surface area contributed by atoms with Crippen LogP contribution < -0.4 is 4.72 Å². The number of nitrogens with one attached hydrogen (secondary N) is 2. The van der Waals surface area contributed by atoms with Gasteiger partial charge in [0.25, 0.3) is 10.0 Å². The quantitative estimate of drug-likeness (QED) is 0.747. The van der Waals surface area contributed by atoms with Crippen molar-refractivity contribution in [3.8, 4) is 0 Å². The number of benzene rings is 1. The van der Waals surface area contributed by atoms with Crippen LogP contribution in [0.15, 0.2) is 41.8 Å². The van der Waals surface area contributed by atoms with Crippen molar-refractivity contribution in [2.45, 2.75) is 11.6 Å². The van der Waals surface area contributed by atoms with Crippen LogP contribution in [0, 0.1) is 0 Å². The second kappa shape index (κ2) is 4.56. The van der Waals surface area contributed by atoms with Crippen molar-refractivity contribution < 1.29 is 13.5 Å². The summed E-state index contributed by atoms with van der Waals surface area (Å²) in [6.45, 7) is -0.234. The fraction of sp³-hybridized carbons (Fsp3) is 0.100. The molecule has 0 amide bonds. The molecule has 0 aliphatic heterocycles. The number of aliphatic hydroxyl groups excluding tert-OH is 1. The highest BCUT2D eigenvalue weighted by molar-refractivity contribution is 7.92. The normalized spacial score (nSPS) is 11.4. The second-order valence-corrected chi connectivity index (χ2v) is 4.99. The summed E-state index contributed by atoms with van der Waals surface area (Å²) < 4.78 is 26.1. The Bertz CT molecular complexity index is 593. The number of aromatic amines is 1. The summed E-state index contributed by atoms with van der Waals surface area (Å²) in [5.41, 5.74) is 0.861. The SMILES string of the molecule is O=S(=O)(Nc1ccccc1CO)c1cnc[nH]1. The highest BCUT2D eigenvalue weighted by Crippen LogP contribution is 2.18. The molecule has 6 nitrogen and oxygen atoms in total. The molecule has 2 aromatic rings. The van der Waals surface area contributed by atoms with Crippen LogP contribution in [-0.2, 0) is 16.6 Å². The zero-order valence-corrected chi connectivity index (χ0v) is 9.61. The number of nitrogens with zero attached hydrogens (tertiary/aromatic N) is 1. The van der Waals surface area contributed by atoms with Gasteiger partial charge < -0.3 is 10.1 Å². The molecule has 0 aliphatic rings. The van der Waals surface area contributed by atoms with E-state index in [9.17, 15) is 8.42 Å². The van der Waals surface area contributed by atoms with Crippen molar-refractivity contribution in [1.82, 2.24) is 9.97 Å². The molecule has 0 saturated carbocycles. The van der Waals surface area contributed by atoms with Crippen molar-refractivity contribution in [1.29, 1.82) is 0 Å². The third-order valence-electron chi connectivity index (χ3n) is 2.19. The van der Waals surface area contributed by atoms with Gasteiger partial charge in [-0.1, -0.05) is 18.2 Å². The van der Waals surface area contributed by atoms with E-state index < -0.39 is 10.0 Å². The maximum Gasteiger partial charge on any atom is 0.278 e. The molecule has 0 fully saturated rings. The topological polar surface area (TPSA) is 95.1 Å². The third-order valence-corrected chi connectivity index (χ3v) is 3.49. The lowest BCUT2D eigenvalue weighted by Crippen LogP contribution is -2.14. The first-order valence-corrected chi connectivity index (χ1v) is 6.32. The van der Waals surface area contributed by atoms with Crippen LogP contribution >= 0.6 is 0 Å². The van der Waals surface area contributed by atoms with Gasteiger partial charge in [0.05, 0.1) is 24.8 Å². The smallest absolute Gasteiger partial charge is 0.278 e. The molecule has 0 radical (unpaired) electrons. The zero-order valence-electron chi connectivity index (χ0n) is 8.79. The van der Waals surface area contributed by atoms with Crippen LogP contribution in [0.3, 0.4) is 0 Å². The molecule has 3 N–H and O–H groups in total. The number of imidazole rings is 1. The summed E-state index contributed by atoms with van der Waals surface area (Å²) in [6, 6.07) is 6.63. The molecule has 1 aromatic heterocycles. The summed E-state index contributed by atoms with van der Waals surface area (Å²) in [5.74, 6) is 0. The van der Waals surface area contributed by atoms with Crippen LogP contribution in [0.1, 0.15) is 5.56 Å².